The lowest BCUT2D eigenvalue weighted by atomic mass is 9.93. The van der Waals surface area contributed by atoms with Crippen molar-refractivity contribution in [1.29, 1.82) is 0 Å². The van der Waals surface area contributed by atoms with Gasteiger partial charge in [-0.3, -0.25) is 4.79 Å². The van der Waals surface area contributed by atoms with Crippen LogP contribution >= 0.6 is 0 Å². The summed E-state index contributed by atoms with van der Waals surface area (Å²) in [4.78, 5) is 17.7. The second kappa shape index (κ2) is 8.55. The molecule has 4 aromatic rings. The molecular weight excluding hydrogens is 448 g/mol. The summed E-state index contributed by atoms with van der Waals surface area (Å²) in [6.07, 6.45) is -4.47. The van der Waals surface area contributed by atoms with E-state index in [2.05, 4.69) is 15.4 Å². The Morgan fingerprint density at radius 1 is 1.00 bits per heavy atom. The van der Waals surface area contributed by atoms with Crippen LogP contribution in [0.3, 0.4) is 0 Å². The lowest BCUT2D eigenvalue weighted by Gasteiger charge is -2.14. The maximum Gasteiger partial charge on any atom is 0.416 e. The zero-order chi connectivity index (χ0) is 24.7. The molecule has 0 atom stereocenters. The first-order valence-electron chi connectivity index (χ1n) is 10.5. The highest BCUT2D eigenvalue weighted by molar-refractivity contribution is 5.94. The molecule has 9 heteroatoms. The first-order chi connectivity index (χ1) is 15.9. The van der Waals surface area contributed by atoms with Gasteiger partial charge in [0.1, 0.15) is 11.5 Å². The molecule has 2 aromatic carbocycles. The molecule has 0 bridgehead atoms. The molecule has 34 heavy (non-hydrogen) atoms. The average molecular weight is 470 g/mol. The van der Waals surface area contributed by atoms with Crippen LogP contribution in [-0.4, -0.2) is 20.5 Å². The van der Waals surface area contributed by atoms with Crippen molar-refractivity contribution in [2.45, 2.75) is 38.9 Å². The van der Waals surface area contributed by atoms with Gasteiger partial charge in [0.25, 0.3) is 5.91 Å². The molecule has 1 amide bonds. The standard InChI is InChI=1S/C25H22F4N4O/c1-24(2,3)21-13-22-31-19(16-7-9-18(26)10-8-16)12-20(33(22)32-21)23(34)30-14-15-5-4-6-17(11-15)25(27,28)29/h4-13H,14H2,1-3H3,(H,30,34). The van der Waals surface area contributed by atoms with Gasteiger partial charge in [-0.15, -0.1) is 0 Å². The number of carbonyl (C=O) groups excluding carboxylic acids is 1. The quantitative estimate of drug-likeness (QED) is 0.385. The fourth-order valence-electron chi connectivity index (χ4n) is 3.40. The number of aromatic nitrogens is 3. The first-order valence-corrected chi connectivity index (χ1v) is 10.5. The molecule has 0 saturated heterocycles. The van der Waals surface area contributed by atoms with Crippen molar-refractivity contribution < 1.29 is 22.4 Å². The molecule has 0 aliphatic heterocycles. The smallest absolute Gasteiger partial charge is 0.347 e. The lowest BCUT2D eigenvalue weighted by molar-refractivity contribution is -0.137. The Kier molecular flexibility index (Phi) is 5.89. The maximum absolute atomic E-state index is 13.4. The van der Waals surface area contributed by atoms with Crippen LogP contribution in [0.15, 0.2) is 60.7 Å². The molecule has 0 aliphatic carbocycles. The predicted molar refractivity (Wildman–Crippen MR) is 120 cm³/mol. The summed E-state index contributed by atoms with van der Waals surface area (Å²) < 4.78 is 53.8. The summed E-state index contributed by atoms with van der Waals surface area (Å²) >= 11 is 0. The number of hydrogen-bond acceptors (Lipinski definition) is 3. The van der Waals surface area contributed by atoms with Crippen LogP contribution in [0.25, 0.3) is 16.9 Å². The Labute approximate surface area is 193 Å². The Hall–Kier alpha value is -3.75. The van der Waals surface area contributed by atoms with E-state index in [9.17, 15) is 22.4 Å². The van der Waals surface area contributed by atoms with Crippen molar-refractivity contribution in [2.24, 2.45) is 0 Å². The highest BCUT2D eigenvalue weighted by Crippen LogP contribution is 2.29. The summed E-state index contributed by atoms with van der Waals surface area (Å²) in [5.74, 6) is -0.931. The monoisotopic (exact) mass is 470 g/mol. The zero-order valence-electron chi connectivity index (χ0n) is 18.7. The van der Waals surface area contributed by atoms with Crippen LogP contribution in [0.1, 0.15) is 48.1 Å². The number of rotatable bonds is 4. The van der Waals surface area contributed by atoms with Crippen molar-refractivity contribution in [2.75, 3.05) is 0 Å². The Morgan fingerprint density at radius 3 is 2.35 bits per heavy atom. The van der Waals surface area contributed by atoms with Gasteiger partial charge in [-0.2, -0.15) is 18.3 Å². The summed E-state index contributed by atoms with van der Waals surface area (Å²) in [6, 6.07) is 13.8. The largest absolute Gasteiger partial charge is 0.416 e. The average Bonchev–Trinajstić information content (AvgIpc) is 3.22. The number of carbonyl (C=O) groups is 1. The summed E-state index contributed by atoms with van der Waals surface area (Å²) in [6.45, 7) is 5.82. The molecule has 2 aromatic heterocycles. The van der Waals surface area contributed by atoms with E-state index in [0.717, 1.165) is 12.1 Å². The van der Waals surface area contributed by atoms with Gasteiger partial charge in [-0.25, -0.2) is 13.9 Å². The minimum atomic E-state index is -4.47. The lowest BCUT2D eigenvalue weighted by Crippen LogP contribution is -2.26. The molecule has 0 radical (unpaired) electrons. The van der Waals surface area contributed by atoms with E-state index in [1.807, 2.05) is 20.8 Å². The third kappa shape index (κ3) is 4.93. The number of alkyl halides is 3. The van der Waals surface area contributed by atoms with Crippen LogP contribution < -0.4 is 5.32 Å². The molecule has 0 aliphatic rings. The van der Waals surface area contributed by atoms with Gasteiger partial charge in [-0.1, -0.05) is 32.9 Å². The van der Waals surface area contributed by atoms with Crippen LogP contribution in [0.5, 0.6) is 0 Å². The Morgan fingerprint density at radius 2 is 1.71 bits per heavy atom. The normalized spacial score (nSPS) is 12.2. The highest BCUT2D eigenvalue weighted by atomic mass is 19.4. The molecule has 176 valence electrons. The summed E-state index contributed by atoms with van der Waals surface area (Å²) in [7, 11) is 0. The second-order valence-corrected chi connectivity index (χ2v) is 8.96. The summed E-state index contributed by atoms with van der Waals surface area (Å²) in [5.41, 5.74) is 1.56. The van der Waals surface area contributed by atoms with Gasteiger partial charge in [0.15, 0.2) is 5.65 Å². The Bertz CT molecular complexity index is 1350. The first kappa shape index (κ1) is 23.4. The van der Waals surface area contributed by atoms with Crippen molar-refractivity contribution in [1.82, 2.24) is 19.9 Å². The number of amides is 1. The van der Waals surface area contributed by atoms with Crippen LogP contribution in [-0.2, 0) is 18.1 Å². The molecule has 0 fully saturated rings. The van der Waals surface area contributed by atoms with E-state index in [0.29, 0.717) is 28.2 Å². The SMILES string of the molecule is CC(C)(C)c1cc2nc(-c3ccc(F)cc3)cc(C(=O)NCc3cccc(C(F)(F)F)c3)n2n1. The molecule has 2 heterocycles. The van der Waals surface area contributed by atoms with Gasteiger partial charge in [0.05, 0.1) is 17.0 Å². The molecule has 0 unspecified atom stereocenters. The number of fused-ring (bicyclic) bond motifs is 1. The van der Waals surface area contributed by atoms with Crippen molar-refractivity contribution in [3.8, 4) is 11.3 Å². The Balaban J connectivity index is 1.71. The molecule has 1 N–H and O–H groups in total. The third-order valence-electron chi connectivity index (χ3n) is 5.28. The van der Waals surface area contributed by atoms with E-state index >= 15 is 0 Å². The number of benzene rings is 2. The molecule has 4 rings (SSSR count). The highest BCUT2D eigenvalue weighted by Gasteiger charge is 2.30. The van der Waals surface area contributed by atoms with Crippen molar-refractivity contribution in [3.63, 3.8) is 0 Å². The molecule has 5 nitrogen and oxygen atoms in total. The van der Waals surface area contributed by atoms with Crippen molar-refractivity contribution >= 4 is 11.6 Å². The fraction of sp³-hybridized carbons (Fsp3) is 0.240. The fourth-order valence-corrected chi connectivity index (χ4v) is 3.40. The number of nitrogens with zero attached hydrogens (tertiary/aromatic N) is 3. The van der Waals surface area contributed by atoms with Gasteiger partial charge in [0, 0.05) is 23.6 Å². The van der Waals surface area contributed by atoms with Crippen molar-refractivity contribution in [3.05, 3.63) is 89.0 Å². The van der Waals surface area contributed by atoms with Crippen LogP contribution in [0.4, 0.5) is 17.6 Å². The third-order valence-corrected chi connectivity index (χ3v) is 5.28. The van der Waals surface area contributed by atoms with E-state index in [4.69, 9.17) is 0 Å². The van der Waals surface area contributed by atoms with Gasteiger partial charge >= 0.3 is 6.18 Å². The minimum Gasteiger partial charge on any atom is -0.347 e. The van der Waals surface area contributed by atoms with Gasteiger partial charge < -0.3 is 5.32 Å². The molecule has 0 saturated carbocycles. The summed E-state index contributed by atoms with van der Waals surface area (Å²) in [5, 5.41) is 7.21. The van der Waals surface area contributed by atoms with Gasteiger partial charge in [-0.05, 0) is 48.0 Å². The van der Waals surface area contributed by atoms with E-state index in [1.54, 1.807) is 18.2 Å². The molecule has 0 spiro atoms. The number of halogens is 4. The van der Waals surface area contributed by atoms with Gasteiger partial charge in [0.2, 0.25) is 0 Å². The topological polar surface area (TPSA) is 59.3 Å². The van der Waals surface area contributed by atoms with Crippen LogP contribution in [0, 0.1) is 5.82 Å². The van der Waals surface area contributed by atoms with E-state index < -0.39 is 23.5 Å². The minimum absolute atomic E-state index is 0.105. The number of hydrogen-bond donors (Lipinski definition) is 1. The molecular formula is C25H22F4N4O. The van der Waals surface area contributed by atoms with E-state index in [-0.39, 0.29) is 17.7 Å². The van der Waals surface area contributed by atoms with E-state index in [1.165, 1.54) is 34.8 Å². The zero-order valence-corrected chi connectivity index (χ0v) is 18.7. The maximum atomic E-state index is 13.4. The number of nitrogens with one attached hydrogen (secondary N) is 1. The second-order valence-electron chi connectivity index (χ2n) is 8.96. The van der Waals surface area contributed by atoms with Crippen LogP contribution in [0.2, 0.25) is 0 Å². The predicted octanol–water partition coefficient (Wildman–Crippen LogP) is 5.78.